The number of benzene rings is 3. The van der Waals surface area contributed by atoms with Gasteiger partial charge in [-0.3, -0.25) is 19.3 Å². The van der Waals surface area contributed by atoms with Crippen LogP contribution in [0.3, 0.4) is 0 Å². The Morgan fingerprint density at radius 2 is 1.29 bits per heavy atom. The lowest BCUT2D eigenvalue weighted by Gasteiger charge is -2.54. The summed E-state index contributed by atoms with van der Waals surface area (Å²) in [7, 11) is 0. The molecule has 3 aromatic carbocycles. The Bertz CT molecular complexity index is 1280. The lowest BCUT2D eigenvalue weighted by Crippen LogP contribution is -2.57. The Morgan fingerprint density at radius 1 is 0.824 bits per heavy atom. The van der Waals surface area contributed by atoms with E-state index in [-0.39, 0.29) is 0 Å². The number of halogens is 2. The van der Waals surface area contributed by atoms with E-state index >= 15 is 0 Å². The summed E-state index contributed by atoms with van der Waals surface area (Å²) in [4.78, 5) is 38.8. The number of rotatable bonds is 3. The molecule has 7 rings (SSSR count). The summed E-state index contributed by atoms with van der Waals surface area (Å²) >= 11 is 14.7. The van der Waals surface area contributed by atoms with Crippen molar-refractivity contribution in [2.75, 3.05) is 11.9 Å². The molecule has 1 heterocycles. The average molecular weight is 491 g/mol. The molecule has 3 aromatic rings. The van der Waals surface area contributed by atoms with Crippen LogP contribution in [0.4, 0.5) is 5.69 Å². The molecule has 0 spiro atoms. The zero-order valence-corrected chi connectivity index (χ0v) is 19.7. The van der Waals surface area contributed by atoms with E-state index in [1.807, 2.05) is 73.7 Å². The second kappa shape index (κ2) is 7.17. The van der Waals surface area contributed by atoms with Crippen LogP contribution in [0.2, 0.25) is 0 Å². The van der Waals surface area contributed by atoms with Crippen LogP contribution >= 0.6 is 23.2 Å². The quantitative estimate of drug-likeness (QED) is 0.433. The first-order chi connectivity index (χ1) is 16.3. The number of imide groups is 1. The fraction of sp³-hybridized carbons (Fsp3) is 0.222. The smallest absolute Gasteiger partial charge is 0.244 e. The van der Waals surface area contributed by atoms with Gasteiger partial charge in [0.15, 0.2) is 0 Å². The van der Waals surface area contributed by atoms with Crippen LogP contribution in [0.5, 0.6) is 0 Å². The number of nitrogens with one attached hydrogen (secondary N) is 1. The zero-order chi connectivity index (χ0) is 23.8. The number of carbonyl (C=O) groups excluding carboxylic acids is 3. The highest BCUT2D eigenvalue weighted by atomic mass is 35.5. The summed E-state index contributed by atoms with van der Waals surface area (Å²) in [6, 6.07) is 22.2. The Morgan fingerprint density at radius 3 is 1.74 bits per heavy atom. The molecular weight excluding hydrogens is 471 g/mol. The van der Waals surface area contributed by atoms with E-state index in [1.54, 1.807) is 6.07 Å². The molecule has 2 atom stereocenters. The van der Waals surface area contributed by atoms with Crippen molar-refractivity contribution < 1.29 is 14.4 Å². The predicted octanol–water partition coefficient (Wildman–Crippen LogP) is 4.53. The van der Waals surface area contributed by atoms with Gasteiger partial charge in [0.2, 0.25) is 17.7 Å². The summed E-state index contributed by atoms with van der Waals surface area (Å²) in [5.41, 5.74) is 4.52. The van der Waals surface area contributed by atoms with Gasteiger partial charge in [-0.05, 0) is 46.9 Å². The molecule has 0 saturated carbocycles. The Balaban J connectivity index is 1.43. The second-order valence-electron chi connectivity index (χ2n) is 9.15. The van der Waals surface area contributed by atoms with Crippen LogP contribution < -0.4 is 5.32 Å². The number of hydrogen-bond donors (Lipinski definition) is 1. The van der Waals surface area contributed by atoms with Gasteiger partial charge in [-0.25, -0.2) is 0 Å². The Kier molecular flexibility index (Phi) is 4.51. The lowest BCUT2D eigenvalue weighted by molar-refractivity contribution is -0.142. The van der Waals surface area contributed by atoms with Crippen LogP contribution in [0.25, 0.3) is 0 Å². The molecule has 0 unspecified atom stereocenters. The maximum atomic E-state index is 13.7. The van der Waals surface area contributed by atoms with E-state index in [1.165, 1.54) is 0 Å². The number of hydrogen-bond acceptors (Lipinski definition) is 3. The summed E-state index contributed by atoms with van der Waals surface area (Å²) in [5, 5.41) is 2.77. The Labute approximate surface area is 206 Å². The summed E-state index contributed by atoms with van der Waals surface area (Å²) in [6.45, 7) is 1.52. The molecule has 1 fully saturated rings. The molecule has 2 bridgehead atoms. The van der Waals surface area contributed by atoms with Gasteiger partial charge < -0.3 is 5.32 Å². The molecule has 7 heteroatoms. The van der Waals surface area contributed by atoms with Crippen molar-refractivity contribution in [2.24, 2.45) is 11.8 Å². The zero-order valence-electron chi connectivity index (χ0n) is 18.2. The highest BCUT2D eigenvalue weighted by molar-refractivity contribution is 6.36. The number of aryl methyl sites for hydroxylation is 1. The maximum Gasteiger partial charge on any atom is 0.244 e. The van der Waals surface area contributed by atoms with Gasteiger partial charge in [-0.15, -0.1) is 23.2 Å². The van der Waals surface area contributed by atoms with E-state index in [0.29, 0.717) is 5.69 Å². The number of anilines is 1. The first-order valence-corrected chi connectivity index (χ1v) is 11.8. The molecule has 1 N–H and O–H groups in total. The topological polar surface area (TPSA) is 66.5 Å². The molecule has 0 aromatic heterocycles. The number of carbonyl (C=O) groups is 3. The monoisotopic (exact) mass is 490 g/mol. The van der Waals surface area contributed by atoms with E-state index < -0.39 is 45.9 Å². The van der Waals surface area contributed by atoms with Gasteiger partial charge in [0.1, 0.15) is 16.3 Å². The minimum absolute atomic E-state index is 0.398. The number of amides is 3. The SMILES string of the molecule is Cc1cccc(NC(=O)CN2C(=O)[C@@H]3[C@H](C2=O)C2(Cl)c4ccccc4C3(Cl)c3ccccc32)c1. The van der Waals surface area contributed by atoms with E-state index in [2.05, 4.69) is 5.32 Å². The summed E-state index contributed by atoms with van der Waals surface area (Å²) < 4.78 is 0. The molecule has 4 aliphatic rings. The first kappa shape index (κ1) is 21.4. The second-order valence-corrected chi connectivity index (χ2v) is 10.3. The van der Waals surface area contributed by atoms with Crippen LogP contribution in [-0.2, 0) is 24.1 Å². The predicted molar refractivity (Wildman–Crippen MR) is 130 cm³/mol. The van der Waals surface area contributed by atoms with Gasteiger partial charge in [-0.2, -0.15) is 0 Å². The Hall–Kier alpha value is -3.15. The van der Waals surface area contributed by atoms with Crippen molar-refractivity contribution in [2.45, 2.75) is 16.7 Å². The molecule has 1 saturated heterocycles. The lowest BCUT2D eigenvalue weighted by atomic mass is 9.54. The maximum absolute atomic E-state index is 13.7. The van der Waals surface area contributed by atoms with E-state index in [9.17, 15) is 14.4 Å². The minimum atomic E-state index is -1.25. The third-order valence-corrected chi connectivity index (χ3v) is 8.56. The highest BCUT2D eigenvalue weighted by Gasteiger charge is 2.73. The number of alkyl halides is 2. The van der Waals surface area contributed by atoms with Gasteiger partial charge in [0, 0.05) is 5.69 Å². The molecule has 5 nitrogen and oxygen atoms in total. The van der Waals surface area contributed by atoms with Gasteiger partial charge in [-0.1, -0.05) is 60.7 Å². The number of nitrogens with zero attached hydrogens (tertiary/aromatic N) is 1. The third kappa shape index (κ3) is 2.60. The van der Waals surface area contributed by atoms with Gasteiger partial charge in [0.05, 0.1) is 11.8 Å². The van der Waals surface area contributed by atoms with Crippen LogP contribution in [0.1, 0.15) is 27.8 Å². The molecule has 3 amide bonds. The van der Waals surface area contributed by atoms with Crippen LogP contribution in [0, 0.1) is 18.8 Å². The first-order valence-electron chi connectivity index (χ1n) is 11.1. The highest BCUT2D eigenvalue weighted by Crippen LogP contribution is 2.69. The van der Waals surface area contributed by atoms with Gasteiger partial charge in [0.25, 0.3) is 0 Å². The normalized spacial score (nSPS) is 28.4. The molecule has 34 heavy (non-hydrogen) atoms. The molecule has 3 aliphatic carbocycles. The van der Waals surface area contributed by atoms with Crippen molar-refractivity contribution in [3.8, 4) is 0 Å². The summed E-state index contributed by atoms with van der Waals surface area (Å²) in [5.74, 6) is -3.22. The van der Waals surface area contributed by atoms with Gasteiger partial charge >= 0.3 is 0 Å². The molecular formula is C27H20Cl2N2O3. The minimum Gasteiger partial charge on any atom is -0.325 e. The molecule has 0 radical (unpaired) electrons. The molecule has 1 aliphatic heterocycles. The largest absolute Gasteiger partial charge is 0.325 e. The van der Waals surface area contributed by atoms with Crippen molar-refractivity contribution in [3.05, 3.63) is 101 Å². The fourth-order valence-electron chi connectivity index (χ4n) is 5.95. The van der Waals surface area contributed by atoms with E-state index in [0.717, 1.165) is 32.7 Å². The molecule has 170 valence electrons. The van der Waals surface area contributed by atoms with Crippen molar-refractivity contribution >= 4 is 46.6 Å². The fourth-order valence-corrected chi connectivity index (χ4v) is 7.05. The van der Waals surface area contributed by atoms with Crippen molar-refractivity contribution in [3.63, 3.8) is 0 Å². The van der Waals surface area contributed by atoms with Crippen LogP contribution in [-0.4, -0.2) is 29.2 Å². The van der Waals surface area contributed by atoms with Crippen molar-refractivity contribution in [1.29, 1.82) is 0 Å². The van der Waals surface area contributed by atoms with Crippen molar-refractivity contribution in [1.82, 2.24) is 4.90 Å². The number of likely N-dealkylation sites (tertiary alicyclic amines) is 1. The summed E-state index contributed by atoms with van der Waals surface area (Å²) in [6.07, 6.45) is 0. The third-order valence-electron chi connectivity index (χ3n) is 7.28. The van der Waals surface area contributed by atoms with E-state index in [4.69, 9.17) is 23.2 Å². The van der Waals surface area contributed by atoms with Crippen LogP contribution in [0.15, 0.2) is 72.8 Å². The average Bonchev–Trinajstić information content (AvgIpc) is 3.08. The standard InChI is InChI=1S/C27H20Cl2N2O3/c1-15-7-6-8-16(13-15)30-21(32)14-31-24(33)22-23(25(31)34)27(29)18-10-3-2-9-17(18)26(22,28)19-11-4-5-12-20(19)27/h2-13,22-23H,14H2,1H3,(H,30,32)/t22-,23+,26?,27?.